The summed E-state index contributed by atoms with van der Waals surface area (Å²) in [5.74, 6) is -0.409. The van der Waals surface area contributed by atoms with E-state index in [4.69, 9.17) is 25.6 Å². The Bertz CT molecular complexity index is 1100. The lowest BCUT2D eigenvalue weighted by molar-refractivity contribution is -0.126. The molecular formula is C25H35ClMgN2O8S. The highest BCUT2D eigenvalue weighted by molar-refractivity contribution is 7.85. The standard InChI is InChI=1S/C25H31ClN2O7S.Mg.H2O.2H/c26-21-10-12-23(13-11-21)28(22-4-2-1-3-5-22)25(30)35-17-20-8-6-19(7-9-20)16-34-18-24(29)27-14-15-36(31,32)33;;;;/h1-5,10-13,19-20H,6-9,14-18H2,(H,27,29)(H,31,32,33);;1H2;;. The number of nitrogens with one attached hydrogen (secondary N) is 1. The number of nitrogens with zero attached hydrogens (tertiary/aromatic N) is 1. The third-order valence-corrected chi connectivity index (χ3v) is 6.93. The van der Waals surface area contributed by atoms with Gasteiger partial charge in [-0.05, 0) is 73.9 Å². The number of rotatable bonds is 11. The van der Waals surface area contributed by atoms with Crippen molar-refractivity contribution in [2.75, 3.05) is 37.0 Å². The largest absolute Gasteiger partial charge is 0.449 e. The van der Waals surface area contributed by atoms with E-state index >= 15 is 0 Å². The maximum absolute atomic E-state index is 13.0. The van der Waals surface area contributed by atoms with Crippen molar-refractivity contribution in [2.24, 2.45) is 11.8 Å². The molecular weight excluding hydrogens is 548 g/mol. The molecule has 1 aliphatic rings. The number of para-hydroxylation sites is 1. The summed E-state index contributed by atoms with van der Waals surface area (Å²) in [6, 6.07) is 16.3. The monoisotopic (exact) mass is 582 g/mol. The van der Waals surface area contributed by atoms with Crippen LogP contribution in [0.2, 0.25) is 5.02 Å². The highest BCUT2D eigenvalue weighted by atomic mass is 35.5. The predicted octanol–water partition coefficient (Wildman–Crippen LogP) is 2.70. The number of hydrogen-bond acceptors (Lipinski definition) is 6. The average molecular weight is 583 g/mol. The van der Waals surface area contributed by atoms with Crippen molar-refractivity contribution in [3.05, 3.63) is 59.6 Å². The van der Waals surface area contributed by atoms with Gasteiger partial charge in [0.05, 0.1) is 30.3 Å². The Morgan fingerprint density at radius 3 is 2.08 bits per heavy atom. The SMILES string of the molecule is O.O=C(COCC1CCC(COC(=O)N(c2ccccc2)c2ccc(Cl)cc2)CC1)NCCS(=O)(=O)O.[MgH2]. The van der Waals surface area contributed by atoms with Gasteiger partial charge in [-0.25, -0.2) is 9.69 Å². The number of anilines is 2. The topological polar surface area (TPSA) is 154 Å². The van der Waals surface area contributed by atoms with Crippen LogP contribution in [-0.4, -0.2) is 85.6 Å². The van der Waals surface area contributed by atoms with E-state index in [0.29, 0.717) is 35.5 Å². The van der Waals surface area contributed by atoms with Crippen LogP contribution >= 0.6 is 11.6 Å². The zero-order valence-electron chi connectivity index (χ0n) is 20.3. The molecule has 0 radical (unpaired) electrons. The molecule has 4 N–H and O–H groups in total. The molecule has 0 bridgehead atoms. The van der Waals surface area contributed by atoms with Gasteiger partial charge in [-0.15, -0.1) is 0 Å². The van der Waals surface area contributed by atoms with Gasteiger partial charge in [-0.3, -0.25) is 9.35 Å². The Balaban J connectivity index is 0.00000361. The third kappa shape index (κ3) is 11.8. The van der Waals surface area contributed by atoms with Crippen molar-refractivity contribution in [1.29, 1.82) is 0 Å². The summed E-state index contributed by atoms with van der Waals surface area (Å²) in [6.45, 7) is 0.420. The van der Waals surface area contributed by atoms with Crippen molar-refractivity contribution in [2.45, 2.75) is 25.7 Å². The van der Waals surface area contributed by atoms with E-state index < -0.39 is 27.9 Å². The van der Waals surface area contributed by atoms with Gasteiger partial charge in [0.1, 0.15) is 6.61 Å². The van der Waals surface area contributed by atoms with Gasteiger partial charge >= 0.3 is 29.1 Å². The molecule has 10 nitrogen and oxygen atoms in total. The molecule has 0 heterocycles. The van der Waals surface area contributed by atoms with Gasteiger partial charge < -0.3 is 20.3 Å². The molecule has 38 heavy (non-hydrogen) atoms. The van der Waals surface area contributed by atoms with Gasteiger partial charge in [-0.2, -0.15) is 8.42 Å². The van der Waals surface area contributed by atoms with Crippen LogP contribution in [-0.2, 0) is 24.4 Å². The van der Waals surface area contributed by atoms with Crippen LogP contribution in [0.5, 0.6) is 0 Å². The maximum atomic E-state index is 13.0. The van der Waals surface area contributed by atoms with Crippen molar-refractivity contribution >= 4 is 68.1 Å². The number of benzene rings is 2. The second-order valence-corrected chi connectivity index (χ2v) is 10.8. The molecule has 1 fully saturated rings. The molecule has 0 saturated heterocycles. The lowest BCUT2D eigenvalue weighted by Crippen LogP contribution is -2.33. The molecule has 0 aromatic heterocycles. The molecule has 1 saturated carbocycles. The number of carbonyl (C=O) groups is 2. The molecule has 13 heteroatoms. The second-order valence-electron chi connectivity index (χ2n) is 8.76. The smallest absolute Gasteiger partial charge is 0.418 e. The fraction of sp³-hybridized carbons (Fsp3) is 0.440. The normalized spacial score (nSPS) is 16.9. The minimum Gasteiger partial charge on any atom is -0.449 e. The molecule has 208 valence electrons. The quantitative estimate of drug-likeness (QED) is 0.305. The van der Waals surface area contributed by atoms with Crippen LogP contribution < -0.4 is 10.2 Å². The van der Waals surface area contributed by atoms with Crippen molar-refractivity contribution < 1.29 is 37.5 Å². The van der Waals surface area contributed by atoms with Crippen LogP contribution in [0.25, 0.3) is 0 Å². The van der Waals surface area contributed by atoms with Gasteiger partial charge in [0.2, 0.25) is 5.91 Å². The van der Waals surface area contributed by atoms with Crippen molar-refractivity contribution in [1.82, 2.24) is 5.32 Å². The number of halogens is 1. The van der Waals surface area contributed by atoms with E-state index in [-0.39, 0.29) is 47.6 Å². The van der Waals surface area contributed by atoms with E-state index in [1.165, 1.54) is 4.90 Å². The van der Waals surface area contributed by atoms with Crippen LogP contribution in [0, 0.1) is 11.8 Å². The Morgan fingerprint density at radius 1 is 0.947 bits per heavy atom. The summed E-state index contributed by atoms with van der Waals surface area (Å²) in [7, 11) is -4.10. The Labute approximate surface area is 244 Å². The minimum absolute atomic E-state index is 0. The molecule has 0 unspecified atom stereocenters. The second kappa shape index (κ2) is 16.9. The van der Waals surface area contributed by atoms with Crippen LogP contribution in [0.3, 0.4) is 0 Å². The van der Waals surface area contributed by atoms with E-state index in [9.17, 15) is 18.0 Å². The summed E-state index contributed by atoms with van der Waals surface area (Å²) < 4.78 is 41.1. The molecule has 0 spiro atoms. The summed E-state index contributed by atoms with van der Waals surface area (Å²) >= 11 is 6.01. The number of hydrogen-bond donors (Lipinski definition) is 2. The first kappa shape index (κ1) is 34.1. The molecule has 3 rings (SSSR count). The minimum atomic E-state index is -4.10. The number of ether oxygens (including phenoxy) is 2. The fourth-order valence-corrected chi connectivity index (χ4v) is 4.52. The van der Waals surface area contributed by atoms with Gasteiger partial charge in [-0.1, -0.05) is 29.8 Å². The van der Waals surface area contributed by atoms with E-state index in [1.807, 2.05) is 30.3 Å². The first-order chi connectivity index (χ1) is 17.2. The molecule has 0 aliphatic heterocycles. The average Bonchev–Trinajstić information content (AvgIpc) is 2.85. The maximum Gasteiger partial charge on any atom is 0.418 e. The number of amides is 2. The summed E-state index contributed by atoms with van der Waals surface area (Å²) in [5, 5.41) is 2.97. The first-order valence-electron chi connectivity index (χ1n) is 11.8. The van der Waals surface area contributed by atoms with E-state index in [0.717, 1.165) is 25.7 Å². The fourth-order valence-electron chi connectivity index (χ4n) is 4.03. The molecule has 2 aromatic carbocycles. The molecule has 2 amide bonds. The highest BCUT2D eigenvalue weighted by Gasteiger charge is 2.25. The zero-order valence-corrected chi connectivity index (χ0v) is 21.9. The van der Waals surface area contributed by atoms with Gasteiger partial charge in [0.15, 0.2) is 0 Å². The highest BCUT2D eigenvalue weighted by Crippen LogP contribution is 2.31. The zero-order chi connectivity index (χ0) is 26.0. The van der Waals surface area contributed by atoms with Gasteiger partial charge in [0.25, 0.3) is 10.1 Å². The Kier molecular flexibility index (Phi) is 15.2. The first-order valence-corrected chi connectivity index (χ1v) is 13.8. The third-order valence-electron chi connectivity index (χ3n) is 5.96. The summed E-state index contributed by atoms with van der Waals surface area (Å²) in [6.07, 6.45) is 3.11. The Hall–Kier alpha value is -1.93. The lowest BCUT2D eigenvalue weighted by atomic mass is 9.83. The van der Waals surface area contributed by atoms with Crippen molar-refractivity contribution in [3.8, 4) is 0 Å². The molecule has 1 aliphatic carbocycles. The number of carbonyl (C=O) groups excluding carboxylic acids is 2. The van der Waals surface area contributed by atoms with Crippen molar-refractivity contribution in [3.63, 3.8) is 0 Å². The Morgan fingerprint density at radius 2 is 1.50 bits per heavy atom. The van der Waals surface area contributed by atoms with Crippen LogP contribution in [0.1, 0.15) is 25.7 Å². The van der Waals surface area contributed by atoms with E-state index in [2.05, 4.69) is 5.32 Å². The van der Waals surface area contributed by atoms with E-state index in [1.54, 1.807) is 24.3 Å². The summed E-state index contributed by atoms with van der Waals surface area (Å²) in [5.41, 5.74) is 1.37. The molecule has 0 atom stereocenters. The lowest BCUT2D eigenvalue weighted by Gasteiger charge is -2.29. The summed E-state index contributed by atoms with van der Waals surface area (Å²) in [4.78, 5) is 26.2. The molecule has 2 aromatic rings. The predicted molar refractivity (Wildman–Crippen MR) is 149 cm³/mol. The van der Waals surface area contributed by atoms with Crippen LogP contribution in [0.15, 0.2) is 54.6 Å². The van der Waals surface area contributed by atoms with Crippen LogP contribution in [0.4, 0.5) is 16.2 Å². The van der Waals surface area contributed by atoms with Gasteiger partial charge in [0, 0.05) is 11.6 Å².